The lowest BCUT2D eigenvalue weighted by Gasteiger charge is -2.26. The van der Waals surface area contributed by atoms with Crippen LogP contribution in [-0.4, -0.2) is 35.2 Å². The van der Waals surface area contributed by atoms with E-state index in [0.717, 1.165) is 30.6 Å². The zero-order valence-corrected chi connectivity index (χ0v) is 13.2. The summed E-state index contributed by atoms with van der Waals surface area (Å²) in [6, 6.07) is 18.5. The van der Waals surface area contributed by atoms with Crippen LogP contribution in [0.3, 0.4) is 0 Å². The lowest BCUT2D eigenvalue weighted by atomic mass is 10.1. The van der Waals surface area contributed by atoms with Gasteiger partial charge in [0.15, 0.2) is 6.23 Å². The molecule has 0 N–H and O–H groups in total. The van der Waals surface area contributed by atoms with Gasteiger partial charge in [-0.05, 0) is 30.7 Å². The Hall–Kier alpha value is -2.40. The average Bonchev–Trinajstić information content (AvgIpc) is 3.22. The van der Waals surface area contributed by atoms with Gasteiger partial charge in [0.1, 0.15) is 5.52 Å². The van der Waals surface area contributed by atoms with E-state index in [4.69, 9.17) is 4.74 Å². The van der Waals surface area contributed by atoms with Gasteiger partial charge in [0, 0.05) is 31.8 Å². The highest BCUT2D eigenvalue weighted by molar-refractivity contribution is 5.73. The molecular formula is C18H20N4O. The second kappa shape index (κ2) is 6.01. The van der Waals surface area contributed by atoms with Crippen LogP contribution in [-0.2, 0) is 4.74 Å². The van der Waals surface area contributed by atoms with Crippen LogP contribution < -0.4 is 4.90 Å². The standard InChI is InChI=1S/C18H20N4O/c1-21(15-7-3-2-4-8-15)13-14-11-12-23-18(14)22-17-10-6-5-9-16(17)19-20-22/h2-10,14,18H,11-13H2,1H3. The fourth-order valence-electron chi connectivity index (χ4n) is 3.29. The second-order valence-corrected chi connectivity index (χ2v) is 6.05. The molecule has 1 saturated heterocycles. The lowest BCUT2D eigenvalue weighted by molar-refractivity contribution is 0.0266. The van der Waals surface area contributed by atoms with Crippen molar-refractivity contribution in [2.75, 3.05) is 25.1 Å². The summed E-state index contributed by atoms with van der Waals surface area (Å²) < 4.78 is 7.92. The largest absolute Gasteiger partial charge is 0.374 e. The summed E-state index contributed by atoms with van der Waals surface area (Å²) in [5, 5.41) is 8.59. The van der Waals surface area contributed by atoms with Crippen molar-refractivity contribution in [2.24, 2.45) is 5.92 Å². The van der Waals surface area contributed by atoms with Crippen molar-refractivity contribution in [3.05, 3.63) is 54.6 Å². The predicted octanol–water partition coefficient (Wildman–Crippen LogP) is 3.10. The second-order valence-electron chi connectivity index (χ2n) is 6.05. The molecule has 118 valence electrons. The monoisotopic (exact) mass is 308 g/mol. The molecule has 5 nitrogen and oxygen atoms in total. The van der Waals surface area contributed by atoms with Crippen LogP contribution in [0.2, 0.25) is 0 Å². The van der Waals surface area contributed by atoms with E-state index in [1.54, 1.807) is 0 Å². The van der Waals surface area contributed by atoms with Gasteiger partial charge in [0.25, 0.3) is 0 Å². The third kappa shape index (κ3) is 2.68. The number of aromatic nitrogens is 3. The SMILES string of the molecule is CN(CC1CCOC1n1nnc2ccccc21)c1ccccc1. The lowest BCUT2D eigenvalue weighted by Crippen LogP contribution is -2.29. The van der Waals surface area contributed by atoms with Crippen LogP contribution in [0.5, 0.6) is 0 Å². The number of benzene rings is 2. The maximum atomic E-state index is 5.99. The minimum atomic E-state index is -0.0476. The molecule has 1 aliphatic rings. The van der Waals surface area contributed by atoms with E-state index in [9.17, 15) is 0 Å². The molecule has 4 rings (SSSR count). The summed E-state index contributed by atoms with van der Waals surface area (Å²) in [4.78, 5) is 2.28. The fourth-order valence-corrected chi connectivity index (χ4v) is 3.29. The molecule has 0 amide bonds. The van der Waals surface area contributed by atoms with Crippen molar-refractivity contribution in [3.63, 3.8) is 0 Å². The van der Waals surface area contributed by atoms with Gasteiger partial charge in [-0.25, -0.2) is 4.68 Å². The van der Waals surface area contributed by atoms with Crippen molar-refractivity contribution in [1.29, 1.82) is 0 Å². The molecule has 23 heavy (non-hydrogen) atoms. The fraction of sp³-hybridized carbons (Fsp3) is 0.333. The van der Waals surface area contributed by atoms with Crippen LogP contribution in [0.15, 0.2) is 54.6 Å². The molecule has 1 aliphatic heterocycles. The Morgan fingerprint density at radius 2 is 1.91 bits per heavy atom. The normalized spacial score (nSPS) is 20.9. The zero-order chi connectivity index (χ0) is 15.6. The minimum Gasteiger partial charge on any atom is -0.374 e. The Morgan fingerprint density at radius 3 is 2.78 bits per heavy atom. The molecule has 3 aromatic rings. The van der Waals surface area contributed by atoms with Crippen LogP contribution in [0.1, 0.15) is 12.6 Å². The van der Waals surface area contributed by atoms with Gasteiger partial charge in [0.05, 0.1) is 5.52 Å². The molecule has 0 spiro atoms. The van der Waals surface area contributed by atoms with E-state index in [1.807, 2.05) is 28.9 Å². The summed E-state index contributed by atoms with van der Waals surface area (Å²) >= 11 is 0. The summed E-state index contributed by atoms with van der Waals surface area (Å²) in [6.07, 6.45) is 0.990. The number of anilines is 1. The molecule has 0 bridgehead atoms. The van der Waals surface area contributed by atoms with Gasteiger partial charge in [-0.1, -0.05) is 35.5 Å². The molecule has 1 aromatic heterocycles. The van der Waals surface area contributed by atoms with Crippen molar-refractivity contribution >= 4 is 16.7 Å². The van der Waals surface area contributed by atoms with E-state index < -0.39 is 0 Å². The molecule has 0 radical (unpaired) electrons. The van der Waals surface area contributed by atoms with Crippen LogP contribution >= 0.6 is 0 Å². The number of rotatable bonds is 4. The van der Waals surface area contributed by atoms with E-state index in [-0.39, 0.29) is 6.23 Å². The number of fused-ring (bicyclic) bond motifs is 1. The Balaban J connectivity index is 1.57. The van der Waals surface area contributed by atoms with E-state index in [1.165, 1.54) is 5.69 Å². The highest BCUT2D eigenvalue weighted by Gasteiger charge is 2.32. The molecule has 2 unspecified atom stereocenters. The van der Waals surface area contributed by atoms with Crippen molar-refractivity contribution in [3.8, 4) is 0 Å². The maximum Gasteiger partial charge on any atom is 0.157 e. The summed E-state index contributed by atoms with van der Waals surface area (Å²) in [5.74, 6) is 0.394. The topological polar surface area (TPSA) is 43.2 Å². The number of para-hydroxylation sites is 2. The molecule has 2 heterocycles. The third-order valence-electron chi connectivity index (χ3n) is 4.50. The Labute approximate surface area is 135 Å². The summed E-state index contributed by atoms with van der Waals surface area (Å²) in [5.41, 5.74) is 3.17. The summed E-state index contributed by atoms with van der Waals surface area (Å²) in [7, 11) is 2.13. The van der Waals surface area contributed by atoms with Crippen LogP contribution in [0.25, 0.3) is 11.0 Å². The van der Waals surface area contributed by atoms with Gasteiger partial charge in [0.2, 0.25) is 0 Å². The van der Waals surface area contributed by atoms with Crippen molar-refractivity contribution in [1.82, 2.24) is 15.0 Å². The van der Waals surface area contributed by atoms with E-state index in [2.05, 4.69) is 52.6 Å². The maximum absolute atomic E-state index is 5.99. The van der Waals surface area contributed by atoms with Gasteiger partial charge < -0.3 is 9.64 Å². The van der Waals surface area contributed by atoms with Crippen molar-refractivity contribution in [2.45, 2.75) is 12.6 Å². The number of hydrogen-bond acceptors (Lipinski definition) is 4. The minimum absolute atomic E-state index is 0.0476. The first kappa shape index (κ1) is 14.2. The number of nitrogens with zero attached hydrogens (tertiary/aromatic N) is 4. The number of hydrogen-bond donors (Lipinski definition) is 0. The zero-order valence-electron chi connectivity index (χ0n) is 13.2. The van der Waals surface area contributed by atoms with Gasteiger partial charge >= 0.3 is 0 Å². The first-order valence-corrected chi connectivity index (χ1v) is 8.00. The molecule has 0 saturated carbocycles. The van der Waals surface area contributed by atoms with Crippen molar-refractivity contribution < 1.29 is 4.74 Å². The molecule has 5 heteroatoms. The Morgan fingerprint density at radius 1 is 1.13 bits per heavy atom. The van der Waals surface area contributed by atoms with E-state index in [0.29, 0.717) is 5.92 Å². The highest BCUT2D eigenvalue weighted by atomic mass is 16.5. The third-order valence-corrected chi connectivity index (χ3v) is 4.50. The highest BCUT2D eigenvalue weighted by Crippen LogP contribution is 2.32. The molecule has 2 aromatic carbocycles. The van der Waals surface area contributed by atoms with Gasteiger partial charge in [-0.3, -0.25) is 0 Å². The molecular weight excluding hydrogens is 288 g/mol. The number of ether oxygens (including phenoxy) is 1. The average molecular weight is 308 g/mol. The summed E-state index contributed by atoms with van der Waals surface area (Å²) in [6.45, 7) is 1.70. The smallest absolute Gasteiger partial charge is 0.157 e. The Bertz CT molecular complexity index is 786. The molecule has 0 aliphatic carbocycles. The van der Waals surface area contributed by atoms with E-state index >= 15 is 0 Å². The first-order chi connectivity index (χ1) is 11.3. The van der Waals surface area contributed by atoms with Gasteiger partial charge in [-0.15, -0.1) is 5.10 Å². The Kier molecular flexibility index (Phi) is 3.71. The first-order valence-electron chi connectivity index (χ1n) is 8.00. The predicted molar refractivity (Wildman–Crippen MR) is 90.3 cm³/mol. The van der Waals surface area contributed by atoms with Gasteiger partial charge in [-0.2, -0.15) is 0 Å². The molecule has 2 atom stereocenters. The quantitative estimate of drug-likeness (QED) is 0.743. The van der Waals surface area contributed by atoms with Crippen LogP contribution in [0.4, 0.5) is 5.69 Å². The molecule has 1 fully saturated rings. The van der Waals surface area contributed by atoms with Crippen LogP contribution in [0, 0.1) is 5.92 Å².